The zero-order chi connectivity index (χ0) is 12.9. The number of H-pyrrole nitrogens is 1. The number of aromatic nitrogens is 2. The van der Waals surface area contributed by atoms with Crippen LogP contribution in [0.2, 0.25) is 0 Å². The lowest BCUT2D eigenvalue weighted by Gasteiger charge is -2.31. The predicted molar refractivity (Wildman–Crippen MR) is 67.3 cm³/mol. The van der Waals surface area contributed by atoms with Crippen molar-refractivity contribution in [3.8, 4) is 0 Å². The maximum atomic E-state index is 11.9. The highest BCUT2D eigenvalue weighted by Gasteiger charge is 2.25. The Hall–Kier alpha value is -1.36. The number of nitrogens with one attached hydrogen (secondary N) is 2. The molecule has 4 N–H and O–H groups in total. The highest BCUT2D eigenvalue weighted by molar-refractivity contribution is 5.78. The number of carbonyl (C=O) groups is 1. The molecule has 1 amide bonds. The third-order valence-corrected chi connectivity index (χ3v) is 2.66. The molecule has 5 nitrogen and oxygen atoms in total. The molecule has 1 unspecified atom stereocenters. The molecule has 0 bridgehead atoms. The van der Waals surface area contributed by atoms with Crippen molar-refractivity contribution in [3.05, 3.63) is 18.0 Å². The average molecular weight is 238 g/mol. The van der Waals surface area contributed by atoms with Gasteiger partial charge in [0.15, 0.2) is 0 Å². The van der Waals surface area contributed by atoms with Gasteiger partial charge in [-0.1, -0.05) is 13.8 Å². The second-order valence-corrected chi connectivity index (χ2v) is 5.17. The number of nitrogens with two attached hydrogens (primary N) is 1. The summed E-state index contributed by atoms with van der Waals surface area (Å²) in [4.78, 5) is 11.9. The summed E-state index contributed by atoms with van der Waals surface area (Å²) in [5, 5.41) is 9.58. The first-order valence-corrected chi connectivity index (χ1v) is 5.94. The normalized spacial score (nSPS) is 14.6. The van der Waals surface area contributed by atoms with Gasteiger partial charge in [-0.05, 0) is 25.3 Å². The lowest BCUT2D eigenvalue weighted by molar-refractivity contribution is -0.122. The number of amides is 1. The molecule has 0 aliphatic heterocycles. The Morgan fingerprint density at radius 3 is 2.82 bits per heavy atom. The minimum atomic E-state index is -0.328. The van der Waals surface area contributed by atoms with Crippen molar-refractivity contribution in [2.75, 3.05) is 6.54 Å². The van der Waals surface area contributed by atoms with Gasteiger partial charge in [0.25, 0.3) is 0 Å². The van der Waals surface area contributed by atoms with Gasteiger partial charge >= 0.3 is 0 Å². The van der Waals surface area contributed by atoms with E-state index in [0.717, 1.165) is 12.1 Å². The van der Waals surface area contributed by atoms with Crippen LogP contribution in [0.3, 0.4) is 0 Å². The van der Waals surface area contributed by atoms with E-state index < -0.39 is 0 Å². The molecule has 1 rings (SSSR count). The third kappa shape index (κ3) is 4.56. The topological polar surface area (TPSA) is 83.8 Å². The van der Waals surface area contributed by atoms with Gasteiger partial charge in [-0.2, -0.15) is 5.10 Å². The maximum Gasteiger partial charge on any atom is 0.226 e. The van der Waals surface area contributed by atoms with Crippen LogP contribution in [0.25, 0.3) is 0 Å². The standard InChI is InChI=1S/C12H22N4O/c1-9(2)7-12(3,8-13)15-11(17)6-10-4-5-14-16-10/h4-5,9H,6-8,13H2,1-3H3,(H,14,16)(H,15,17). The van der Waals surface area contributed by atoms with Crippen molar-refractivity contribution in [1.82, 2.24) is 15.5 Å². The SMILES string of the molecule is CC(C)CC(C)(CN)NC(=O)Cc1ccn[nH]1. The van der Waals surface area contributed by atoms with Crippen LogP contribution in [0.15, 0.2) is 12.3 Å². The molecule has 0 fully saturated rings. The highest BCUT2D eigenvalue weighted by atomic mass is 16.1. The molecule has 5 heteroatoms. The van der Waals surface area contributed by atoms with Crippen molar-refractivity contribution in [2.24, 2.45) is 11.7 Å². The van der Waals surface area contributed by atoms with Crippen LogP contribution in [0.5, 0.6) is 0 Å². The van der Waals surface area contributed by atoms with Crippen LogP contribution < -0.4 is 11.1 Å². The van der Waals surface area contributed by atoms with E-state index in [1.54, 1.807) is 12.3 Å². The van der Waals surface area contributed by atoms with E-state index >= 15 is 0 Å². The molecular weight excluding hydrogens is 216 g/mol. The molecule has 1 atom stereocenters. The van der Waals surface area contributed by atoms with Crippen molar-refractivity contribution in [1.29, 1.82) is 0 Å². The first-order chi connectivity index (χ1) is 7.95. The molecule has 96 valence electrons. The number of rotatable bonds is 6. The molecule has 0 saturated heterocycles. The van der Waals surface area contributed by atoms with E-state index in [1.807, 2.05) is 6.92 Å². The summed E-state index contributed by atoms with van der Waals surface area (Å²) in [6, 6.07) is 1.79. The summed E-state index contributed by atoms with van der Waals surface area (Å²) in [7, 11) is 0. The van der Waals surface area contributed by atoms with Crippen molar-refractivity contribution in [2.45, 2.75) is 39.2 Å². The van der Waals surface area contributed by atoms with E-state index in [0.29, 0.717) is 18.9 Å². The van der Waals surface area contributed by atoms with Crippen molar-refractivity contribution in [3.63, 3.8) is 0 Å². The zero-order valence-electron chi connectivity index (χ0n) is 10.8. The number of nitrogens with zero attached hydrogens (tertiary/aromatic N) is 1. The molecule has 0 saturated carbocycles. The molecule has 17 heavy (non-hydrogen) atoms. The molecule has 0 radical (unpaired) electrons. The largest absolute Gasteiger partial charge is 0.349 e. The van der Waals surface area contributed by atoms with Crippen molar-refractivity contribution < 1.29 is 4.79 Å². The number of aromatic amines is 1. The molecule has 0 aromatic carbocycles. The fourth-order valence-electron chi connectivity index (χ4n) is 2.02. The molecular formula is C12H22N4O. The van der Waals surface area contributed by atoms with Gasteiger partial charge in [-0.25, -0.2) is 0 Å². The summed E-state index contributed by atoms with van der Waals surface area (Å²) >= 11 is 0. The quantitative estimate of drug-likeness (QED) is 0.686. The van der Waals surface area contributed by atoms with Crippen LogP contribution in [0.1, 0.15) is 32.9 Å². The number of carbonyl (C=O) groups excluding carboxylic acids is 1. The fourth-order valence-corrected chi connectivity index (χ4v) is 2.02. The lowest BCUT2D eigenvalue weighted by atomic mass is 9.90. The smallest absolute Gasteiger partial charge is 0.226 e. The van der Waals surface area contributed by atoms with E-state index in [4.69, 9.17) is 5.73 Å². The summed E-state index contributed by atoms with van der Waals surface area (Å²) in [5.74, 6) is 0.471. The van der Waals surface area contributed by atoms with Gasteiger partial charge in [0.2, 0.25) is 5.91 Å². The molecule has 0 aliphatic rings. The minimum absolute atomic E-state index is 0.0251. The first-order valence-electron chi connectivity index (χ1n) is 5.94. The molecule has 0 aliphatic carbocycles. The third-order valence-electron chi connectivity index (χ3n) is 2.66. The van der Waals surface area contributed by atoms with Crippen LogP contribution in [0.4, 0.5) is 0 Å². The Balaban J connectivity index is 2.53. The fraction of sp³-hybridized carbons (Fsp3) is 0.667. The first kappa shape index (κ1) is 13.7. The molecule has 0 spiro atoms. The van der Waals surface area contributed by atoms with Gasteiger partial charge < -0.3 is 11.1 Å². The number of hydrogen-bond acceptors (Lipinski definition) is 3. The van der Waals surface area contributed by atoms with Crippen LogP contribution >= 0.6 is 0 Å². The Labute approximate surface area is 102 Å². The summed E-state index contributed by atoms with van der Waals surface area (Å²) < 4.78 is 0. The van der Waals surface area contributed by atoms with Gasteiger partial charge in [-0.15, -0.1) is 0 Å². The second-order valence-electron chi connectivity index (χ2n) is 5.17. The predicted octanol–water partition coefficient (Wildman–Crippen LogP) is 0.832. The Morgan fingerprint density at radius 1 is 1.65 bits per heavy atom. The second kappa shape index (κ2) is 5.82. The van der Waals surface area contributed by atoms with E-state index in [9.17, 15) is 4.79 Å². The maximum absolute atomic E-state index is 11.9. The highest BCUT2D eigenvalue weighted by Crippen LogP contribution is 2.15. The minimum Gasteiger partial charge on any atom is -0.349 e. The lowest BCUT2D eigenvalue weighted by Crippen LogP contribution is -2.52. The molecule has 1 aromatic heterocycles. The monoisotopic (exact) mass is 238 g/mol. The molecule has 1 heterocycles. The van der Waals surface area contributed by atoms with Gasteiger partial charge in [-0.3, -0.25) is 9.89 Å². The zero-order valence-corrected chi connectivity index (χ0v) is 10.8. The molecule has 1 aromatic rings. The van der Waals surface area contributed by atoms with E-state index in [2.05, 4.69) is 29.4 Å². The van der Waals surface area contributed by atoms with E-state index in [-0.39, 0.29) is 11.4 Å². The Bertz CT molecular complexity index is 347. The average Bonchev–Trinajstić information content (AvgIpc) is 2.68. The summed E-state index contributed by atoms with van der Waals surface area (Å²) in [6.45, 7) is 6.67. The van der Waals surface area contributed by atoms with Gasteiger partial charge in [0, 0.05) is 24.0 Å². The summed E-state index contributed by atoms with van der Waals surface area (Å²) in [6.07, 6.45) is 2.82. The van der Waals surface area contributed by atoms with Crippen LogP contribution in [0, 0.1) is 5.92 Å². The van der Waals surface area contributed by atoms with Crippen molar-refractivity contribution >= 4 is 5.91 Å². The van der Waals surface area contributed by atoms with Gasteiger partial charge in [0.1, 0.15) is 0 Å². The summed E-state index contributed by atoms with van der Waals surface area (Å²) in [5.41, 5.74) is 6.23. The Kier molecular flexibility index (Phi) is 4.69. The van der Waals surface area contributed by atoms with Crippen LogP contribution in [-0.2, 0) is 11.2 Å². The van der Waals surface area contributed by atoms with E-state index in [1.165, 1.54) is 0 Å². The number of hydrogen-bond donors (Lipinski definition) is 3. The van der Waals surface area contributed by atoms with Crippen LogP contribution in [-0.4, -0.2) is 28.2 Å². The Morgan fingerprint density at radius 2 is 2.35 bits per heavy atom. The van der Waals surface area contributed by atoms with Gasteiger partial charge in [0.05, 0.1) is 6.42 Å².